The Morgan fingerprint density at radius 1 is 1.22 bits per heavy atom. The van der Waals surface area contributed by atoms with Gasteiger partial charge in [0.25, 0.3) is 5.91 Å². The van der Waals surface area contributed by atoms with Gasteiger partial charge in [-0.05, 0) is 26.0 Å². The van der Waals surface area contributed by atoms with Gasteiger partial charge in [-0.2, -0.15) is 0 Å². The van der Waals surface area contributed by atoms with Gasteiger partial charge in [-0.3, -0.25) is 9.78 Å². The van der Waals surface area contributed by atoms with Crippen molar-refractivity contribution in [3.63, 3.8) is 0 Å². The molecule has 1 amide bonds. The smallest absolute Gasteiger partial charge is 0.264 e. The molecule has 4 rings (SSSR count). The van der Waals surface area contributed by atoms with Gasteiger partial charge in [-0.15, -0.1) is 11.3 Å². The molecule has 0 aromatic carbocycles. The summed E-state index contributed by atoms with van der Waals surface area (Å²) < 4.78 is 11.3. The first-order chi connectivity index (χ1) is 13.1. The zero-order valence-corrected chi connectivity index (χ0v) is 16.6. The minimum absolute atomic E-state index is 0.0640. The van der Waals surface area contributed by atoms with Crippen LogP contribution in [0.15, 0.2) is 30.6 Å². The number of thiophene rings is 1. The normalized spacial score (nSPS) is 23.5. The first-order valence-corrected chi connectivity index (χ1v) is 10.2. The number of carbonyl (C=O) groups is 1. The van der Waals surface area contributed by atoms with Crippen molar-refractivity contribution in [3.8, 4) is 11.1 Å². The lowest BCUT2D eigenvalue weighted by Crippen LogP contribution is -2.48. The molecule has 144 valence electrons. The maximum atomic E-state index is 13.2. The van der Waals surface area contributed by atoms with E-state index in [0.717, 1.165) is 34.1 Å². The maximum Gasteiger partial charge on any atom is 0.264 e. The van der Waals surface area contributed by atoms with E-state index in [9.17, 15) is 4.79 Å². The molecule has 2 atom stereocenters. The lowest BCUT2D eigenvalue weighted by molar-refractivity contribution is -0.0585. The van der Waals surface area contributed by atoms with Crippen molar-refractivity contribution in [2.24, 2.45) is 0 Å². The number of aromatic nitrogens is 1. The van der Waals surface area contributed by atoms with Gasteiger partial charge < -0.3 is 19.3 Å². The summed E-state index contributed by atoms with van der Waals surface area (Å²) in [5, 5.41) is 1.13. The molecule has 0 bridgehead atoms. The molecule has 2 saturated heterocycles. The zero-order chi connectivity index (χ0) is 18.8. The number of ether oxygens (including phenoxy) is 2. The van der Waals surface area contributed by atoms with E-state index in [4.69, 9.17) is 9.47 Å². The number of hydrogen-bond acceptors (Lipinski definition) is 6. The molecule has 2 aromatic rings. The van der Waals surface area contributed by atoms with Crippen LogP contribution in [-0.4, -0.2) is 67.4 Å². The Labute approximate surface area is 163 Å². The Kier molecular flexibility index (Phi) is 5.43. The van der Waals surface area contributed by atoms with Crippen LogP contribution in [0, 0.1) is 0 Å². The van der Waals surface area contributed by atoms with Gasteiger partial charge in [-0.25, -0.2) is 0 Å². The highest BCUT2D eigenvalue weighted by Gasteiger charge is 2.29. The van der Waals surface area contributed by atoms with Crippen LogP contribution in [0.2, 0.25) is 0 Å². The Bertz CT molecular complexity index is 779. The molecule has 2 fully saturated rings. The fourth-order valence-corrected chi connectivity index (χ4v) is 4.92. The molecular formula is C20H25N3O3S. The number of pyridine rings is 1. The molecule has 0 radical (unpaired) electrons. The second-order valence-electron chi connectivity index (χ2n) is 7.14. The monoisotopic (exact) mass is 387 g/mol. The summed E-state index contributed by atoms with van der Waals surface area (Å²) in [4.78, 5) is 22.5. The molecule has 27 heavy (non-hydrogen) atoms. The van der Waals surface area contributed by atoms with Crippen molar-refractivity contribution in [3.05, 3.63) is 35.5 Å². The number of anilines is 1. The number of nitrogens with zero attached hydrogens (tertiary/aromatic N) is 3. The zero-order valence-electron chi connectivity index (χ0n) is 15.8. The summed E-state index contributed by atoms with van der Waals surface area (Å²) in [6, 6.07) is 6.01. The number of hydrogen-bond donors (Lipinski definition) is 0. The molecule has 2 aliphatic heterocycles. The van der Waals surface area contributed by atoms with E-state index >= 15 is 0 Å². The number of amides is 1. The van der Waals surface area contributed by atoms with Gasteiger partial charge in [0.1, 0.15) is 0 Å². The molecule has 2 aliphatic rings. The van der Waals surface area contributed by atoms with E-state index in [1.165, 1.54) is 0 Å². The maximum absolute atomic E-state index is 13.2. The summed E-state index contributed by atoms with van der Waals surface area (Å²) in [7, 11) is 0. The Morgan fingerprint density at radius 2 is 1.96 bits per heavy atom. The van der Waals surface area contributed by atoms with Gasteiger partial charge >= 0.3 is 0 Å². The van der Waals surface area contributed by atoms with Crippen LogP contribution in [0.3, 0.4) is 0 Å². The third kappa shape index (κ3) is 4.00. The van der Waals surface area contributed by atoms with Crippen molar-refractivity contribution in [1.82, 2.24) is 9.88 Å². The summed E-state index contributed by atoms with van der Waals surface area (Å²) >= 11 is 1.58. The molecule has 0 spiro atoms. The van der Waals surface area contributed by atoms with Crippen molar-refractivity contribution in [2.75, 3.05) is 44.3 Å². The summed E-state index contributed by atoms with van der Waals surface area (Å²) in [5.74, 6) is 0.0895. The van der Waals surface area contributed by atoms with E-state index in [1.54, 1.807) is 17.5 Å². The van der Waals surface area contributed by atoms with E-state index in [-0.39, 0.29) is 18.1 Å². The topological polar surface area (TPSA) is 54.9 Å². The average Bonchev–Trinajstić information content (AvgIpc) is 3.13. The minimum Gasteiger partial charge on any atom is -0.378 e. The van der Waals surface area contributed by atoms with Gasteiger partial charge in [0.05, 0.1) is 35.3 Å². The molecule has 0 saturated carbocycles. The van der Waals surface area contributed by atoms with E-state index in [0.29, 0.717) is 26.3 Å². The third-order valence-corrected chi connectivity index (χ3v) is 6.08. The fraction of sp³-hybridized carbons (Fsp3) is 0.500. The fourth-order valence-electron chi connectivity index (χ4n) is 3.72. The largest absolute Gasteiger partial charge is 0.378 e. The van der Waals surface area contributed by atoms with E-state index < -0.39 is 0 Å². The second-order valence-corrected chi connectivity index (χ2v) is 8.17. The number of carbonyl (C=O) groups excluding carboxylic acids is 1. The molecule has 0 N–H and O–H groups in total. The van der Waals surface area contributed by atoms with Crippen molar-refractivity contribution < 1.29 is 14.3 Å². The number of morpholine rings is 2. The van der Waals surface area contributed by atoms with Crippen LogP contribution in [0.25, 0.3) is 11.1 Å². The van der Waals surface area contributed by atoms with Crippen molar-refractivity contribution in [1.29, 1.82) is 0 Å². The van der Waals surface area contributed by atoms with Crippen LogP contribution < -0.4 is 4.90 Å². The second kappa shape index (κ2) is 7.96. The molecular weight excluding hydrogens is 362 g/mol. The minimum atomic E-state index is 0.0640. The predicted octanol–water partition coefficient (Wildman–Crippen LogP) is 2.90. The summed E-state index contributed by atoms with van der Waals surface area (Å²) in [5.41, 5.74) is 2.12. The lowest BCUT2D eigenvalue weighted by atomic mass is 10.1. The Balaban J connectivity index is 1.67. The first-order valence-electron chi connectivity index (χ1n) is 9.43. The predicted molar refractivity (Wildman–Crippen MR) is 106 cm³/mol. The van der Waals surface area contributed by atoms with E-state index in [1.807, 2.05) is 43.1 Å². The van der Waals surface area contributed by atoms with Gasteiger partial charge in [0, 0.05) is 49.7 Å². The highest BCUT2D eigenvalue weighted by Crippen LogP contribution is 2.39. The number of rotatable bonds is 3. The molecule has 7 heteroatoms. The van der Waals surface area contributed by atoms with Crippen LogP contribution in [0.1, 0.15) is 23.5 Å². The molecule has 4 heterocycles. The van der Waals surface area contributed by atoms with Crippen LogP contribution in [0.4, 0.5) is 5.00 Å². The highest BCUT2D eigenvalue weighted by molar-refractivity contribution is 7.18. The van der Waals surface area contributed by atoms with Crippen molar-refractivity contribution in [2.45, 2.75) is 26.1 Å². The average molecular weight is 388 g/mol. The van der Waals surface area contributed by atoms with E-state index in [2.05, 4.69) is 9.88 Å². The Hall–Kier alpha value is -1.96. The third-order valence-electron chi connectivity index (χ3n) is 4.90. The highest BCUT2D eigenvalue weighted by atomic mass is 32.1. The molecule has 0 unspecified atom stereocenters. The first kappa shape index (κ1) is 18.4. The lowest BCUT2D eigenvalue weighted by Gasteiger charge is -2.35. The molecule has 6 nitrogen and oxygen atoms in total. The van der Waals surface area contributed by atoms with Gasteiger partial charge in [0.15, 0.2) is 0 Å². The quantitative estimate of drug-likeness (QED) is 0.811. The summed E-state index contributed by atoms with van der Waals surface area (Å²) in [6.45, 7) is 8.42. The van der Waals surface area contributed by atoms with Gasteiger partial charge in [-0.1, -0.05) is 6.07 Å². The molecule has 2 aromatic heterocycles. The Morgan fingerprint density at radius 3 is 2.63 bits per heavy atom. The van der Waals surface area contributed by atoms with Crippen molar-refractivity contribution >= 4 is 22.2 Å². The van der Waals surface area contributed by atoms with Crippen LogP contribution in [0.5, 0.6) is 0 Å². The summed E-state index contributed by atoms with van der Waals surface area (Å²) in [6.07, 6.45) is 3.76. The SMILES string of the molecule is C[C@@H]1CN(C(=O)c2cc(-c3cccnc3)c(N3CCOCC3)s2)C[C@H](C)O1. The van der Waals surface area contributed by atoms with Crippen LogP contribution >= 0.6 is 11.3 Å². The van der Waals surface area contributed by atoms with Gasteiger partial charge in [0.2, 0.25) is 0 Å². The molecule has 0 aliphatic carbocycles. The standard InChI is InChI=1S/C20H25N3O3S/c1-14-12-23(13-15(2)26-14)19(24)18-10-17(16-4-3-5-21-11-16)20(27-18)22-6-8-25-9-7-22/h3-5,10-11,14-15H,6-9,12-13H2,1-2H3/t14-,15+. The van der Waals surface area contributed by atoms with Crippen LogP contribution in [-0.2, 0) is 9.47 Å².